The van der Waals surface area contributed by atoms with Gasteiger partial charge in [-0.1, -0.05) is 30.3 Å². The Morgan fingerprint density at radius 2 is 2.08 bits per heavy atom. The molecule has 1 fully saturated rings. The summed E-state index contributed by atoms with van der Waals surface area (Å²) in [6, 6.07) is 9.66. The molecular weight excluding hydrogens is 334 g/mol. The molecule has 1 N–H and O–H groups in total. The molecule has 5 nitrogen and oxygen atoms in total. The van der Waals surface area contributed by atoms with Crippen LogP contribution in [0.15, 0.2) is 42.6 Å². The fraction of sp³-hybridized carbons (Fsp3) is 0.316. The van der Waals surface area contributed by atoms with Crippen molar-refractivity contribution in [2.45, 2.75) is 19.8 Å². The van der Waals surface area contributed by atoms with Gasteiger partial charge in [0.1, 0.15) is 6.54 Å². The second-order valence-electron chi connectivity index (χ2n) is 6.23. The molecule has 130 valence electrons. The number of hydrogen-bond donors (Lipinski definition) is 1. The fourth-order valence-corrected chi connectivity index (χ4v) is 3.11. The molecule has 1 heterocycles. The summed E-state index contributed by atoms with van der Waals surface area (Å²) in [6.45, 7) is 2.61. The van der Waals surface area contributed by atoms with Crippen LogP contribution >= 0.6 is 11.3 Å². The second-order valence-corrected chi connectivity index (χ2v) is 7.47. The lowest BCUT2D eigenvalue weighted by molar-refractivity contribution is -0.130. The molecule has 1 aliphatic carbocycles. The van der Waals surface area contributed by atoms with Crippen LogP contribution in [0.25, 0.3) is 6.08 Å². The van der Waals surface area contributed by atoms with Crippen LogP contribution in [0.3, 0.4) is 0 Å². The topological polar surface area (TPSA) is 62.3 Å². The highest BCUT2D eigenvalue weighted by Gasteiger charge is 2.27. The number of nitrogens with zero attached hydrogens (tertiary/aromatic N) is 2. The number of aryl methyl sites for hydroxylation is 1. The number of rotatable bonds is 7. The first kappa shape index (κ1) is 17.4. The molecular formula is C19H21N3O2S. The van der Waals surface area contributed by atoms with Gasteiger partial charge in [0.05, 0.1) is 0 Å². The Kier molecular flexibility index (Phi) is 5.60. The zero-order valence-electron chi connectivity index (χ0n) is 14.1. The number of anilines is 1. The van der Waals surface area contributed by atoms with E-state index in [-0.39, 0.29) is 18.4 Å². The van der Waals surface area contributed by atoms with E-state index < -0.39 is 0 Å². The molecule has 1 aromatic heterocycles. The molecule has 0 bridgehead atoms. The number of amides is 2. The largest absolute Gasteiger partial charge is 0.330 e. The normalized spacial score (nSPS) is 13.8. The van der Waals surface area contributed by atoms with Crippen LogP contribution in [0.5, 0.6) is 0 Å². The number of benzene rings is 1. The van der Waals surface area contributed by atoms with Gasteiger partial charge >= 0.3 is 0 Å². The van der Waals surface area contributed by atoms with Gasteiger partial charge < -0.3 is 10.2 Å². The molecule has 1 aliphatic rings. The van der Waals surface area contributed by atoms with Gasteiger partial charge in [-0.2, -0.15) is 0 Å². The van der Waals surface area contributed by atoms with Crippen LogP contribution in [0, 0.1) is 12.8 Å². The lowest BCUT2D eigenvalue weighted by Crippen LogP contribution is -2.38. The first-order valence-electron chi connectivity index (χ1n) is 8.34. The van der Waals surface area contributed by atoms with Gasteiger partial charge in [-0.15, -0.1) is 11.3 Å². The molecule has 2 aromatic rings. The fourth-order valence-electron chi connectivity index (χ4n) is 2.43. The van der Waals surface area contributed by atoms with Gasteiger partial charge in [0.2, 0.25) is 11.8 Å². The average molecular weight is 355 g/mol. The highest BCUT2D eigenvalue weighted by Crippen LogP contribution is 2.29. The van der Waals surface area contributed by atoms with E-state index in [0.29, 0.717) is 17.6 Å². The van der Waals surface area contributed by atoms with Crippen LogP contribution in [0.1, 0.15) is 23.3 Å². The van der Waals surface area contributed by atoms with Crippen molar-refractivity contribution >= 4 is 34.4 Å². The van der Waals surface area contributed by atoms with Crippen LogP contribution in [0.4, 0.5) is 5.13 Å². The van der Waals surface area contributed by atoms with Gasteiger partial charge in [-0.05, 0) is 37.3 Å². The number of nitrogens with one attached hydrogen (secondary N) is 1. The van der Waals surface area contributed by atoms with Crippen LogP contribution in [0.2, 0.25) is 0 Å². The van der Waals surface area contributed by atoms with E-state index in [4.69, 9.17) is 0 Å². The van der Waals surface area contributed by atoms with Crippen LogP contribution < -0.4 is 5.32 Å². The molecule has 0 aliphatic heterocycles. The van der Waals surface area contributed by atoms with Crippen molar-refractivity contribution in [1.29, 1.82) is 0 Å². The second kappa shape index (κ2) is 8.07. The SMILES string of the molecule is Cc1cnc(NC(=O)CN(CC2CC2)C(=O)C=Cc2ccccc2)s1. The van der Waals surface area contributed by atoms with Crippen molar-refractivity contribution < 1.29 is 9.59 Å². The predicted octanol–water partition coefficient (Wildman–Crippen LogP) is 3.34. The predicted molar refractivity (Wildman–Crippen MR) is 100 cm³/mol. The summed E-state index contributed by atoms with van der Waals surface area (Å²) in [5, 5.41) is 3.34. The number of hydrogen-bond acceptors (Lipinski definition) is 4. The van der Waals surface area contributed by atoms with Crippen molar-refractivity contribution in [2.24, 2.45) is 5.92 Å². The Morgan fingerprint density at radius 1 is 1.32 bits per heavy atom. The maximum Gasteiger partial charge on any atom is 0.247 e. The molecule has 0 radical (unpaired) electrons. The third-order valence-electron chi connectivity index (χ3n) is 3.91. The summed E-state index contributed by atoms with van der Waals surface area (Å²) < 4.78 is 0. The van der Waals surface area contributed by atoms with E-state index >= 15 is 0 Å². The molecule has 0 spiro atoms. The van der Waals surface area contributed by atoms with Crippen molar-refractivity contribution in [3.8, 4) is 0 Å². The highest BCUT2D eigenvalue weighted by atomic mass is 32.1. The summed E-state index contributed by atoms with van der Waals surface area (Å²) in [7, 11) is 0. The quantitative estimate of drug-likeness (QED) is 0.775. The van der Waals surface area contributed by atoms with E-state index in [1.54, 1.807) is 23.2 Å². The van der Waals surface area contributed by atoms with Gasteiger partial charge in [-0.25, -0.2) is 4.98 Å². The van der Waals surface area contributed by atoms with E-state index in [0.717, 1.165) is 23.3 Å². The summed E-state index contributed by atoms with van der Waals surface area (Å²) in [5.41, 5.74) is 0.963. The van der Waals surface area contributed by atoms with E-state index in [1.807, 2.05) is 37.3 Å². The monoisotopic (exact) mass is 355 g/mol. The molecule has 1 aromatic carbocycles. The van der Waals surface area contributed by atoms with Gasteiger partial charge in [0, 0.05) is 23.7 Å². The Bertz CT molecular complexity index is 766. The van der Waals surface area contributed by atoms with E-state index in [9.17, 15) is 9.59 Å². The molecule has 0 unspecified atom stereocenters. The summed E-state index contributed by atoms with van der Waals surface area (Å²) in [6.07, 6.45) is 7.29. The Labute approximate surface area is 151 Å². The number of aromatic nitrogens is 1. The van der Waals surface area contributed by atoms with Crippen LogP contribution in [-0.4, -0.2) is 34.8 Å². The minimum absolute atomic E-state index is 0.0487. The van der Waals surface area contributed by atoms with Gasteiger partial charge in [0.15, 0.2) is 5.13 Å². The maximum absolute atomic E-state index is 12.5. The van der Waals surface area contributed by atoms with Crippen molar-refractivity contribution in [2.75, 3.05) is 18.4 Å². The van der Waals surface area contributed by atoms with Crippen molar-refractivity contribution in [1.82, 2.24) is 9.88 Å². The molecule has 2 amide bonds. The number of carbonyl (C=O) groups excluding carboxylic acids is 2. The van der Waals surface area contributed by atoms with Crippen LogP contribution in [-0.2, 0) is 9.59 Å². The van der Waals surface area contributed by atoms with Crippen molar-refractivity contribution in [3.63, 3.8) is 0 Å². The zero-order valence-corrected chi connectivity index (χ0v) is 15.0. The lowest BCUT2D eigenvalue weighted by atomic mass is 10.2. The third-order valence-corrected chi connectivity index (χ3v) is 4.74. The Hall–Kier alpha value is -2.47. The van der Waals surface area contributed by atoms with Gasteiger partial charge in [-0.3, -0.25) is 9.59 Å². The zero-order chi connectivity index (χ0) is 17.6. The summed E-state index contributed by atoms with van der Waals surface area (Å²) in [4.78, 5) is 31.5. The Balaban J connectivity index is 1.61. The molecule has 25 heavy (non-hydrogen) atoms. The standard InChI is InChI=1S/C19H21N3O2S/c1-14-11-20-19(25-14)21-17(23)13-22(12-16-7-8-16)18(24)10-9-15-5-3-2-4-6-15/h2-6,9-11,16H,7-8,12-13H2,1H3,(H,20,21,23). The summed E-state index contributed by atoms with van der Waals surface area (Å²) in [5.74, 6) is 0.168. The molecule has 3 rings (SSSR count). The van der Waals surface area contributed by atoms with E-state index in [1.165, 1.54) is 11.3 Å². The minimum Gasteiger partial charge on any atom is -0.330 e. The molecule has 6 heteroatoms. The maximum atomic E-state index is 12.5. The molecule has 1 saturated carbocycles. The lowest BCUT2D eigenvalue weighted by Gasteiger charge is -2.20. The van der Waals surface area contributed by atoms with E-state index in [2.05, 4.69) is 10.3 Å². The molecule has 0 saturated heterocycles. The minimum atomic E-state index is -0.212. The molecule has 0 atom stereocenters. The Morgan fingerprint density at radius 3 is 2.72 bits per heavy atom. The summed E-state index contributed by atoms with van der Waals surface area (Å²) >= 11 is 1.42. The smallest absolute Gasteiger partial charge is 0.247 e. The third kappa shape index (κ3) is 5.53. The number of carbonyl (C=O) groups is 2. The van der Waals surface area contributed by atoms with Crippen molar-refractivity contribution in [3.05, 3.63) is 53.0 Å². The highest BCUT2D eigenvalue weighted by molar-refractivity contribution is 7.15. The first-order chi connectivity index (χ1) is 12.1. The average Bonchev–Trinajstić information content (AvgIpc) is 3.33. The first-order valence-corrected chi connectivity index (χ1v) is 9.16. The van der Waals surface area contributed by atoms with Gasteiger partial charge in [0.25, 0.3) is 0 Å². The number of thiazole rings is 1.